The van der Waals surface area contributed by atoms with Gasteiger partial charge in [0.25, 0.3) is 5.56 Å². The Morgan fingerprint density at radius 2 is 2.22 bits per heavy atom. The maximum atomic E-state index is 11.7. The predicted molar refractivity (Wildman–Crippen MR) is 72.9 cm³/mol. The summed E-state index contributed by atoms with van der Waals surface area (Å²) in [5.74, 6) is 0.00328. The number of aryl methyl sites for hydroxylation is 1. The van der Waals surface area contributed by atoms with Crippen LogP contribution in [0.3, 0.4) is 0 Å². The second kappa shape index (κ2) is 6.58. The van der Waals surface area contributed by atoms with Crippen LogP contribution in [0.5, 0.6) is 0 Å². The van der Waals surface area contributed by atoms with E-state index in [-0.39, 0.29) is 16.7 Å². The van der Waals surface area contributed by atoms with Crippen LogP contribution in [0.2, 0.25) is 0 Å². The number of nitrogens with one attached hydrogen (secondary N) is 1. The summed E-state index contributed by atoms with van der Waals surface area (Å²) in [6, 6.07) is 1.51. The number of thioether (sulfide) groups is 1. The quantitative estimate of drug-likeness (QED) is 0.646. The summed E-state index contributed by atoms with van der Waals surface area (Å²) >= 11 is 1.28. The number of nitrogens with zero attached hydrogens (tertiary/aromatic N) is 2. The summed E-state index contributed by atoms with van der Waals surface area (Å²) in [5.41, 5.74) is 0.605. The van der Waals surface area contributed by atoms with Crippen molar-refractivity contribution in [2.24, 2.45) is 0 Å². The molecular weight excluding hydrogens is 250 g/mol. The molecule has 0 aliphatic carbocycles. The zero-order chi connectivity index (χ0) is 13.7. The largest absolute Gasteiger partial charge is 0.348 e. The summed E-state index contributed by atoms with van der Waals surface area (Å²) in [7, 11) is 3.42. The topological polar surface area (TPSA) is 66.1 Å². The number of carbonyl (C=O) groups excluding carboxylic acids is 1. The molecule has 0 saturated carbocycles. The first kappa shape index (κ1) is 14.8. The van der Waals surface area contributed by atoms with Gasteiger partial charge < -0.3 is 9.88 Å². The Morgan fingerprint density at radius 3 is 2.78 bits per heavy atom. The van der Waals surface area contributed by atoms with Gasteiger partial charge in [-0.2, -0.15) is 0 Å². The lowest BCUT2D eigenvalue weighted by Crippen LogP contribution is -2.30. The Morgan fingerprint density at radius 1 is 1.56 bits per heavy atom. The average molecular weight is 269 g/mol. The maximum Gasteiger partial charge on any atom is 0.251 e. The predicted octanol–water partition coefficient (Wildman–Crippen LogP) is 1.29. The molecule has 0 aromatic carbocycles. The molecule has 0 aliphatic rings. The van der Waals surface area contributed by atoms with E-state index in [1.807, 2.05) is 6.92 Å². The molecule has 0 spiro atoms. The van der Waals surface area contributed by atoms with Crippen LogP contribution in [0, 0.1) is 0 Å². The van der Waals surface area contributed by atoms with E-state index >= 15 is 0 Å². The number of aromatic nitrogens is 2. The number of H-pyrrole nitrogens is 1. The second-order valence-electron chi connectivity index (χ2n) is 4.28. The monoisotopic (exact) mass is 269 g/mol. The first-order valence-corrected chi connectivity index (χ1v) is 6.80. The van der Waals surface area contributed by atoms with Gasteiger partial charge >= 0.3 is 0 Å². The Bertz CT molecular complexity index is 471. The highest BCUT2D eigenvalue weighted by atomic mass is 32.2. The number of amides is 1. The average Bonchev–Trinajstić information content (AvgIpc) is 2.27. The van der Waals surface area contributed by atoms with Crippen molar-refractivity contribution in [2.45, 2.75) is 37.1 Å². The van der Waals surface area contributed by atoms with Gasteiger partial charge in [0.1, 0.15) is 0 Å². The van der Waals surface area contributed by atoms with Crippen LogP contribution in [0.15, 0.2) is 16.0 Å². The minimum atomic E-state index is -0.264. The van der Waals surface area contributed by atoms with Crippen LogP contribution in [-0.2, 0) is 11.2 Å². The number of aromatic amines is 1. The zero-order valence-electron chi connectivity index (χ0n) is 11.2. The molecular formula is C12H19N3O2S. The van der Waals surface area contributed by atoms with Crippen LogP contribution >= 0.6 is 11.8 Å². The summed E-state index contributed by atoms with van der Waals surface area (Å²) < 4.78 is 0. The Kier molecular flexibility index (Phi) is 5.40. The molecule has 1 atom stereocenters. The number of rotatable bonds is 5. The van der Waals surface area contributed by atoms with E-state index in [4.69, 9.17) is 0 Å². The minimum Gasteiger partial charge on any atom is -0.348 e. The van der Waals surface area contributed by atoms with Gasteiger partial charge in [-0.3, -0.25) is 9.59 Å². The van der Waals surface area contributed by atoms with Crippen molar-refractivity contribution in [3.63, 3.8) is 0 Å². The van der Waals surface area contributed by atoms with Gasteiger partial charge in [-0.05, 0) is 13.3 Å². The van der Waals surface area contributed by atoms with E-state index in [0.29, 0.717) is 5.16 Å². The summed E-state index contributed by atoms with van der Waals surface area (Å²) in [5, 5.41) is 0.244. The smallest absolute Gasteiger partial charge is 0.251 e. The van der Waals surface area contributed by atoms with E-state index < -0.39 is 0 Å². The van der Waals surface area contributed by atoms with Crippen LogP contribution in [0.4, 0.5) is 0 Å². The molecule has 100 valence electrons. The standard InChI is InChI=1S/C12H19N3O2S/c1-5-6-9-7-10(16)14-12(13-9)18-8(2)11(17)15(3)4/h7-8H,5-6H2,1-4H3,(H,13,14,16)/t8-/m0/s1. The molecule has 1 aromatic rings. The van der Waals surface area contributed by atoms with E-state index in [1.165, 1.54) is 22.7 Å². The molecule has 1 rings (SSSR count). The third-order valence-electron chi connectivity index (χ3n) is 2.36. The van der Waals surface area contributed by atoms with Crippen molar-refractivity contribution in [2.75, 3.05) is 14.1 Å². The van der Waals surface area contributed by atoms with Crippen LogP contribution < -0.4 is 5.56 Å². The second-order valence-corrected chi connectivity index (χ2v) is 5.61. The lowest BCUT2D eigenvalue weighted by molar-refractivity contribution is -0.127. The van der Waals surface area contributed by atoms with E-state index in [9.17, 15) is 9.59 Å². The van der Waals surface area contributed by atoms with Gasteiger partial charge in [0.2, 0.25) is 5.91 Å². The van der Waals surface area contributed by atoms with Crippen LogP contribution in [0.25, 0.3) is 0 Å². The first-order valence-electron chi connectivity index (χ1n) is 5.92. The van der Waals surface area contributed by atoms with Gasteiger partial charge in [0.05, 0.1) is 5.25 Å². The van der Waals surface area contributed by atoms with E-state index in [2.05, 4.69) is 9.97 Å². The van der Waals surface area contributed by atoms with E-state index in [0.717, 1.165) is 18.5 Å². The Hall–Kier alpha value is -1.30. The van der Waals surface area contributed by atoms with Crippen LogP contribution in [-0.4, -0.2) is 40.1 Å². The van der Waals surface area contributed by atoms with Gasteiger partial charge in [-0.25, -0.2) is 4.98 Å². The molecule has 5 nitrogen and oxygen atoms in total. The molecule has 1 amide bonds. The van der Waals surface area contributed by atoms with Crippen molar-refractivity contribution in [1.29, 1.82) is 0 Å². The molecule has 6 heteroatoms. The minimum absolute atomic E-state index is 0.00328. The van der Waals surface area contributed by atoms with Gasteiger partial charge in [-0.1, -0.05) is 25.1 Å². The highest BCUT2D eigenvalue weighted by molar-refractivity contribution is 8.00. The number of hydrogen-bond donors (Lipinski definition) is 1. The lowest BCUT2D eigenvalue weighted by Gasteiger charge is -2.15. The summed E-state index contributed by atoms with van der Waals surface area (Å²) in [6.45, 7) is 3.84. The third-order valence-corrected chi connectivity index (χ3v) is 3.33. The fourth-order valence-electron chi connectivity index (χ4n) is 1.50. The van der Waals surface area contributed by atoms with Crippen molar-refractivity contribution >= 4 is 17.7 Å². The zero-order valence-corrected chi connectivity index (χ0v) is 12.0. The SMILES string of the molecule is CCCc1cc(=O)[nH]c(S[C@@H](C)C(=O)N(C)C)n1. The highest BCUT2D eigenvalue weighted by Crippen LogP contribution is 2.19. The Labute approximate surface area is 111 Å². The fourth-order valence-corrected chi connectivity index (χ4v) is 2.48. The molecule has 0 aliphatic heterocycles. The number of hydrogen-bond acceptors (Lipinski definition) is 4. The molecule has 1 heterocycles. The van der Waals surface area contributed by atoms with Crippen molar-refractivity contribution in [3.8, 4) is 0 Å². The van der Waals surface area contributed by atoms with Crippen LogP contribution in [0.1, 0.15) is 26.0 Å². The third kappa shape index (κ3) is 4.18. The highest BCUT2D eigenvalue weighted by Gasteiger charge is 2.17. The lowest BCUT2D eigenvalue weighted by atomic mass is 10.2. The fraction of sp³-hybridized carbons (Fsp3) is 0.583. The molecule has 1 aromatic heterocycles. The molecule has 0 radical (unpaired) electrons. The first-order chi connectivity index (χ1) is 8.43. The van der Waals surface area contributed by atoms with Crippen molar-refractivity contribution in [1.82, 2.24) is 14.9 Å². The molecule has 0 fully saturated rings. The molecule has 0 bridgehead atoms. The number of carbonyl (C=O) groups is 1. The normalized spacial score (nSPS) is 12.2. The molecule has 1 N–H and O–H groups in total. The molecule has 18 heavy (non-hydrogen) atoms. The maximum absolute atomic E-state index is 11.7. The Balaban J connectivity index is 2.84. The summed E-state index contributed by atoms with van der Waals surface area (Å²) in [4.78, 5) is 31.7. The molecule has 0 saturated heterocycles. The van der Waals surface area contributed by atoms with Crippen molar-refractivity contribution < 1.29 is 4.79 Å². The van der Waals surface area contributed by atoms with Gasteiger partial charge in [0.15, 0.2) is 5.16 Å². The summed E-state index contributed by atoms with van der Waals surface area (Å²) in [6.07, 6.45) is 1.71. The van der Waals surface area contributed by atoms with E-state index in [1.54, 1.807) is 21.0 Å². The molecule has 0 unspecified atom stereocenters. The van der Waals surface area contributed by atoms with Gasteiger partial charge in [0, 0.05) is 25.9 Å². The van der Waals surface area contributed by atoms with Gasteiger partial charge in [-0.15, -0.1) is 0 Å². The van der Waals surface area contributed by atoms with Crippen molar-refractivity contribution in [3.05, 3.63) is 22.1 Å².